The summed E-state index contributed by atoms with van der Waals surface area (Å²) in [5.41, 5.74) is 1.32. The zero-order valence-corrected chi connectivity index (χ0v) is 16.5. The van der Waals surface area contributed by atoms with Crippen molar-refractivity contribution in [3.05, 3.63) is 71.8 Å². The number of carboxylic acids is 1. The lowest BCUT2D eigenvalue weighted by Gasteiger charge is -2.25. The molecule has 6 nitrogen and oxygen atoms in total. The molecular weight excluding hydrogens is 397 g/mol. The molecular formula is C21H21F3N4O2. The lowest BCUT2D eigenvalue weighted by molar-refractivity contribution is -0.137. The van der Waals surface area contributed by atoms with Gasteiger partial charge >= 0.3 is 12.1 Å². The minimum Gasteiger partial charge on any atom is -0.478 e. The Labute approximate surface area is 171 Å². The first-order valence-electron chi connectivity index (χ1n) is 9.24. The number of alkyl halides is 3. The SMILES string of the molecule is CC(c1ccc(C(F)(F)F)cc1)N(C)CCn1cnc(-c2cc(C(=O)O)ccn2)c1. The molecule has 0 saturated carbocycles. The number of hydrogen-bond donors (Lipinski definition) is 1. The number of rotatable bonds is 7. The fourth-order valence-corrected chi connectivity index (χ4v) is 2.99. The number of carboxylic acid groups (broad SMARTS) is 1. The first-order valence-corrected chi connectivity index (χ1v) is 9.24. The molecule has 0 aliphatic carbocycles. The number of imidazole rings is 1. The summed E-state index contributed by atoms with van der Waals surface area (Å²) in [6, 6.07) is 8.01. The van der Waals surface area contributed by atoms with E-state index >= 15 is 0 Å². The van der Waals surface area contributed by atoms with Gasteiger partial charge in [0.25, 0.3) is 0 Å². The van der Waals surface area contributed by atoms with E-state index in [1.54, 1.807) is 12.5 Å². The Morgan fingerprint density at radius 3 is 2.50 bits per heavy atom. The van der Waals surface area contributed by atoms with Gasteiger partial charge in [0.15, 0.2) is 0 Å². The number of carbonyl (C=O) groups is 1. The summed E-state index contributed by atoms with van der Waals surface area (Å²) in [4.78, 5) is 21.6. The number of likely N-dealkylation sites (N-methyl/N-ethyl adjacent to an activating group) is 1. The minimum atomic E-state index is -4.34. The number of pyridine rings is 1. The Hall–Kier alpha value is -3.20. The van der Waals surface area contributed by atoms with E-state index in [1.165, 1.54) is 30.5 Å². The third kappa shape index (κ3) is 5.04. The van der Waals surface area contributed by atoms with Crippen LogP contribution >= 0.6 is 0 Å². The second-order valence-electron chi connectivity index (χ2n) is 7.01. The number of hydrogen-bond acceptors (Lipinski definition) is 4. The van der Waals surface area contributed by atoms with Crippen LogP contribution in [0.4, 0.5) is 13.2 Å². The number of benzene rings is 1. The van der Waals surface area contributed by atoms with Gasteiger partial charge in [0.2, 0.25) is 0 Å². The molecule has 3 aromatic rings. The van der Waals surface area contributed by atoms with Crippen LogP contribution in [0.5, 0.6) is 0 Å². The van der Waals surface area contributed by atoms with Crippen LogP contribution in [0.1, 0.15) is 34.5 Å². The molecule has 1 aromatic carbocycles. The van der Waals surface area contributed by atoms with Gasteiger partial charge in [-0.15, -0.1) is 0 Å². The smallest absolute Gasteiger partial charge is 0.416 e. The molecule has 0 bridgehead atoms. The molecule has 1 N–H and O–H groups in total. The van der Waals surface area contributed by atoms with Crippen LogP contribution in [0.2, 0.25) is 0 Å². The molecule has 2 aromatic heterocycles. The predicted molar refractivity (Wildman–Crippen MR) is 105 cm³/mol. The van der Waals surface area contributed by atoms with Crippen molar-refractivity contribution in [1.82, 2.24) is 19.4 Å². The van der Waals surface area contributed by atoms with Gasteiger partial charge in [0.05, 0.1) is 23.1 Å². The van der Waals surface area contributed by atoms with E-state index in [-0.39, 0.29) is 11.6 Å². The molecule has 1 unspecified atom stereocenters. The zero-order valence-electron chi connectivity index (χ0n) is 16.5. The summed E-state index contributed by atoms with van der Waals surface area (Å²) >= 11 is 0. The fourth-order valence-electron chi connectivity index (χ4n) is 2.99. The van der Waals surface area contributed by atoms with E-state index in [0.29, 0.717) is 24.5 Å². The highest BCUT2D eigenvalue weighted by atomic mass is 19.4. The van der Waals surface area contributed by atoms with Gasteiger partial charge in [-0.05, 0) is 43.8 Å². The lowest BCUT2D eigenvalue weighted by Crippen LogP contribution is -2.26. The molecule has 0 saturated heterocycles. The Kier molecular flexibility index (Phi) is 6.21. The number of aromatic carboxylic acids is 1. The van der Waals surface area contributed by atoms with Crippen LogP contribution < -0.4 is 0 Å². The van der Waals surface area contributed by atoms with E-state index in [1.807, 2.05) is 23.4 Å². The first kappa shape index (κ1) is 21.5. The van der Waals surface area contributed by atoms with Gasteiger partial charge in [-0.3, -0.25) is 9.88 Å². The largest absolute Gasteiger partial charge is 0.478 e. The number of aromatic nitrogens is 3. The van der Waals surface area contributed by atoms with Crippen LogP contribution in [0.15, 0.2) is 55.1 Å². The van der Waals surface area contributed by atoms with E-state index in [2.05, 4.69) is 9.97 Å². The summed E-state index contributed by atoms with van der Waals surface area (Å²) in [6.45, 7) is 3.18. The lowest BCUT2D eigenvalue weighted by atomic mass is 10.0. The monoisotopic (exact) mass is 418 g/mol. The average molecular weight is 418 g/mol. The molecule has 3 rings (SSSR count). The van der Waals surface area contributed by atoms with Crippen LogP contribution in [0.3, 0.4) is 0 Å². The van der Waals surface area contributed by atoms with Crippen molar-refractivity contribution in [1.29, 1.82) is 0 Å². The summed E-state index contributed by atoms with van der Waals surface area (Å²) in [5, 5.41) is 9.09. The van der Waals surface area contributed by atoms with E-state index < -0.39 is 17.7 Å². The standard InChI is InChI=1S/C21H21F3N4O2/c1-14(15-3-5-17(6-4-15)21(22,23)24)27(2)9-10-28-12-19(26-13-28)18-11-16(20(29)30)7-8-25-18/h3-8,11-14H,9-10H2,1-2H3,(H,29,30). The maximum absolute atomic E-state index is 12.7. The van der Waals surface area contributed by atoms with Crippen LogP contribution in [-0.4, -0.2) is 44.1 Å². The number of halogens is 3. The molecule has 0 aliphatic heterocycles. The highest BCUT2D eigenvalue weighted by Crippen LogP contribution is 2.30. The van der Waals surface area contributed by atoms with Crippen molar-refractivity contribution in [3.8, 4) is 11.4 Å². The van der Waals surface area contributed by atoms with Crippen molar-refractivity contribution < 1.29 is 23.1 Å². The molecule has 9 heteroatoms. The van der Waals surface area contributed by atoms with Gasteiger partial charge in [-0.25, -0.2) is 9.78 Å². The Bertz CT molecular complexity index is 1020. The van der Waals surface area contributed by atoms with Gasteiger partial charge in [0.1, 0.15) is 5.69 Å². The number of nitrogens with zero attached hydrogens (tertiary/aromatic N) is 4. The third-order valence-electron chi connectivity index (χ3n) is 5.00. The van der Waals surface area contributed by atoms with Crippen molar-refractivity contribution in [2.75, 3.05) is 13.6 Å². The van der Waals surface area contributed by atoms with Gasteiger partial charge in [0, 0.05) is 31.5 Å². The summed E-state index contributed by atoms with van der Waals surface area (Å²) in [6.07, 6.45) is 0.509. The predicted octanol–water partition coefficient (Wildman–Crippen LogP) is 4.36. The fraction of sp³-hybridized carbons (Fsp3) is 0.286. The molecule has 1 atom stereocenters. The van der Waals surface area contributed by atoms with Crippen molar-refractivity contribution >= 4 is 5.97 Å². The summed E-state index contributed by atoms with van der Waals surface area (Å²) in [7, 11) is 1.90. The van der Waals surface area contributed by atoms with Gasteiger partial charge in [-0.1, -0.05) is 12.1 Å². The quantitative estimate of drug-likeness (QED) is 0.618. The summed E-state index contributed by atoms with van der Waals surface area (Å²) in [5.74, 6) is -1.03. The molecule has 0 amide bonds. The topological polar surface area (TPSA) is 71.2 Å². The second-order valence-corrected chi connectivity index (χ2v) is 7.01. The molecule has 0 radical (unpaired) electrons. The van der Waals surface area contributed by atoms with Crippen LogP contribution in [-0.2, 0) is 12.7 Å². The Morgan fingerprint density at radius 1 is 1.17 bits per heavy atom. The van der Waals surface area contributed by atoms with Crippen LogP contribution in [0.25, 0.3) is 11.4 Å². The van der Waals surface area contributed by atoms with Gasteiger partial charge in [-0.2, -0.15) is 13.2 Å². The van der Waals surface area contributed by atoms with E-state index in [9.17, 15) is 18.0 Å². The molecule has 0 spiro atoms. The first-order chi connectivity index (χ1) is 14.1. The highest BCUT2D eigenvalue weighted by Gasteiger charge is 2.30. The Balaban J connectivity index is 1.62. The molecule has 0 aliphatic rings. The Morgan fingerprint density at radius 2 is 1.87 bits per heavy atom. The van der Waals surface area contributed by atoms with Crippen molar-refractivity contribution in [2.24, 2.45) is 0 Å². The maximum atomic E-state index is 12.7. The second kappa shape index (κ2) is 8.66. The minimum absolute atomic E-state index is 0.0656. The highest BCUT2D eigenvalue weighted by molar-refractivity contribution is 5.88. The third-order valence-corrected chi connectivity index (χ3v) is 5.00. The van der Waals surface area contributed by atoms with Crippen molar-refractivity contribution in [3.63, 3.8) is 0 Å². The molecule has 0 fully saturated rings. The molecule has 30 heavy (non-hydrogen) atoms. The molecule has 2 heterocycles. The summed E-state index contributed by atoms with van der Waals surface area (Å²) < 4.78 is 40.0. The van der Waals surface area contributed by atoms with Gasteiger partial charge < -0.3 is 9.67 Å². The zero-order chi connectivity index (χ0) is 21.9. The van der Waals surface area contributed by atoms with Crippen LogP contribution in [0, 0.1) is 0 Å². The normalized spacial score (nSPS) is 12.9. The molecule has 158 valence electrons. The van der Waals surface area contributed by atoms with E-state index in [0.717, 1.165) is 17.7 Å². The maximum Gasteiger partial charge on any atom is 0.416 e. The van der Waals surface area contributed by atoms with E-state index in [4.69, 9.17) is 5.11 Å². The average Bonchev–Trinajstić information content (AvgIpc) is 3.20. The van der Waals surface area contributed by atoms with Crippen molar-refractivity contribution in [2.45, 2.75) is 25.7 Å².